The average Bonchev–Trinajstić information content (AvgIpc) is 2.99. The van der Waals surface area contributed by atoms with Crippen molar-refractivity contribution >= 4 is 0 Å². The van der Waals surface area contributed by atoms with Gasteiger partial charge in [0.1, 0.15) is 0 Å². The zero-order valence-corrected chi connectivity index (χ0v) is 12.8. The van der Waals surface area contributed by atoms with Crippen molar-refractivity contribution in [2.75, 3.05) is 40.3 Å². The summed E-state index contributed by atoms with van der Waals surface area (Å²) in [6.07, 6.45) is 8.53. The molecule has 1 aliphatic heterocycles. The van der Waals surface area contributed by atoms with E-state index in [4.69, 9.17) is 5.73 Å². The van der Waals surface area contributed by atoms with Crippen LogP contribution < -0.4 is 5.73 Å². The second kappa shape index (κ2) is 5.34. The van der Waals surface area contributed by atoms with Crippen LogP contribution in [0.5, 0.6) is 0 Å². The summed E-state index contributed by atoms with van der Waals surface area (Å²) >= 11 is 0. The van der Waals surface area contributed by atoms with E-state index in [1.807, 2.05) is 0 Å². The number of hydrogen-bond donors (Lipinski definition) is 1. The Morgan fingerprint density at radius 3 is 2.37 bits per heavy atom. The molecule has 1 saturated heterocycles. The van der Waals surface area contributed by atoms with Crippen LogP contribution in [0.15, 0.2) is 0 Å². The molecule has 0 radical (unpaired) electrons. The maximum atomic E-state index is 6.25. The molecule has 19 heavy (non-hydrogen) atoms. The van der Waals surface area contributed by atoms with Crippen LogP contribution in [0.4, 0.5) is 0 Å². The van der Waals surface area contributed by atoms with Crippen LogP contribution >= 0.6 is 0 Å². The van der Waals surface area contributed by atoms with Gasteiger partial charge in [0, 0.05) is 18.6 Å². The Labute approximate surface area is 118 Å². The first kappa shape index (κ1) is 13.8. The van der Waals surface area contributed by atoms with Crippen molar-refractivity contribution in [1.82, 2.24) is 9.80 Å². The summed E-state index contributed by atoms with van der Waals surface area (Å²) in [5.74, 6) is 2.81. The van der Waals surface area contributed by atoms with Crippen molar-refractivity contribution < 1.29 is 0 Å². The van der Waals surface area contributed by atoms with Crippen LogP contribution in [0.2, 0.25) is 0 Å². The van der Waals surface area contributed by atoms with Gasteiger partial charge in [0.25, 0.3) is 0 Å². The molecule has 0 aromatic heterocycles. The van der Waals surface area contributed by atoms with Crippen molar-refractivity contribution in [1.29, 1.82) is 0 Å². The third-order valence-corrected chi connectivity index (χ3v) is 6.16. The molecule has 2 bridgehead atoms. The van der Waals surface area contributed by atoms with Crippen LogP contribution in [0.3, 0.4) is 0 Å². The van der Waals surface area contributed by atoms with Crippen LogP contribution in [0.25, 0.3) is 0 Å². The fourth-order valence-corrected chi connectivity index (χ4v) is 5.26. The number of likely N-dealkylation sites (tertiary alicyclic amines) is 1. The molecule has 3 aliphatic rings. The van der Waals surface area contributed by atoms with Gasteiger partial charge in [-0.2, -0.15) is 0 Å². The Bertz CT molecular complexity index is 309. The maximum absolute atomic E-state index is 6.25. The van der Waals surface area contributed by atoms with Crippen molar-refractivity contribution in [3.05, 3.63) is 0 Å². The number of nitrogens with zero attached hydrogens (tertiary/aromatic N) is 2. The first-order valence-electron chi connectivity index (χ1n) is 8.24. The van der Waals surface area contributed by atoms with Gasteiger partial charge in [0.15, 0.2) is 0 Å². The normalized spacial score (nSPS) is 40.4. The van der Waals surface area contributed by atoms with Crippen LogP contribution in [0, 0.1) is 17.8 Å². The number of fused-ring (bicyclic) bond motifs is 2. The van der Waals surface area contributed by atoms with Gasteiger partial charge in [0.05, 0.1) is 0 Å². The topological polar surface area (TPSA) is 32.5 Å². The highest BCUT2D eigenvalue weighted by Gasteiger charge is 2.53. The third kappa shape index (κ3) is 2.45. The predicted molar refractivity (Wildman–Crippen MR) is 80.1 cm³/mol. The lowest BCUT2D eigenvalue weighted by Gasteiger charge is -2.49. The minimum Gasteiger partial charge on any atom is -0.329 e. The SMILES string of the molecule is CN(C)CC1CCN(C2(CN)CC3CCC2C3)CC1. The molecule has 2 saturated carbocycles. The lowest BCUT2D eigenvalue weighted by molar-refractivity contribution is 0.0108. The van der Waals surface area contributed by atoms with Crippen molar-refractivity contribution in [2.24, 2.45) is 23.5 Å². The molecule has 110 valence electrons. The Morgan fingerprint density at radius 1 is 1.16 bits per heavy atom. The van der Waals surface area contributed by atoms with Crippen LogP contribution in [-0.4, -0.2) is 55.6 Å². The number of nitrogens with two attached hydrogens (primary N) is 1. The number of piperidine rings is 1. The highest BCUT2D eigenvalue weighted by Crippen LogP contribution is 2.53. The molecule has 1 heterocycles. The van der Waals surface area contributed by atoms with Gasteiger partial charge < -0.3 is 10.6 Å². The second-order valence-electron chi connectivity index (χ2n) is 7.58. The molecule has 3 heteroatoms. The van der Waals surface area contributed by atoms with E-state index < -0.39 is 0 Å². The van der Waals surface area contributed by atoms with Gasteiger partial charge in [-0.1, -0.05) is 6.42 Å². The Kier molecular flexibility index (Phi) is 3.89. The number of hydrogen-bond acceptors (Lipinski definition) is 3. The molecule has 0 aromatic rings. The summed E-state index contributed by atoms with van der Waals surface area (Å²) in [5.41, 5.74) is 6.65. The summed E-state index contributed by atoms with van der Waals surface area (Å²) in [7, 11) is 4.40. The van der Waals surface area contributed by atoms with E-state index in [0.717, 1.165) is 24.3 Å². The Balaban J connectivity index is 1.61. The van der Waals surface area contributed by atoms with E-state index in [0.29, 0.717) is 5.54 Å². The maximum Gasteiger partial charge on any atom is 0.0362 e. The van der Waals surface area contributed by atoms with Gasteiger partial charge >= 0.3 is 0 Å². The van der Waals surface area contributed by atoms with E-state index in [9.17, 15) is 0 Å². The van der Waals surface area contributed by atoms with Gasteiger partial charge in [-0.05, 0) is 77.0 Å². The monoisotopic (exact) mass is 265 g/mol. The zero-order valence-electron chi connectivity index (χ0n) is 12.8. The van der Waals surface area contributed by atoms with Crippen molar-refractivity contribution in [3.8, 4) is 0 Å². The summed E-state index contributed by atoms with van der Waals surface area (Å²) in [5, 5.41) is 0. The molecule has 3 fully saturated rings. The molecular weight excluding hydrogens is 234 g/mol. The lowest BCUT2D eigenvalue weighted by Crippen LogP contribution is -2.59. The molecule has 0 aromatic carbocycles. The summed E-state index contributed by atoms with van der Waals surface area (Å²) in [6.45, 7) is 4.74. The van der Waals surface area contributed by atoms with Crippen molar-refractivity contribution in [2.45, 2.75) is 44.1 Å². The quantitative estimate of drug-likeness (QED) is 0.841. The molecule has 0 amide bonds. The van der Waals surface area contributed by atoms with E-state index in [1.165, 1.54) is 58.2 Å². The highest BCUT2D eigenvalue weighted by molar-refractivity contribution is 5.08. The van der Waals surface area contributed by atoms with Gasteiger partial charge in [-0.15, -0.1) is 0 Å². The fraction of sp³-hybridized carbons (Fsp3) is 1.00. The molecular formula is C16H31N3. The molecule has 3 atom stereocenters. The van der Waals surface area contributed by atoms with E-state index in [2.05, 4.69) is 23.9 Å². The van der Waals surface area contributed by atoms with E-state index >= 15 is 0 Å². The average molecular weight is 265 g/mol. The highest BCUT2D eigenvalue weighted by atomic mass is 15.2. The Hall–Kier alpha value is -0.120. The van der Waals surface area contributed by atoms with Crippen molar-refractivity contribution in [3.63, 3.8) is 0 Å². The lowest BCUT2D eigenvalue weighted by atomic mass is 9.77. The number of rotatable bonds is 4. The summed E-state index contributed by atoms with van der Waals surface area (Å²) in [4.78, 5) is 5.14. The smallest absolute Gasteiger partial charge is 0.0362 e. The third-order valence-electron chi connectivity index (χ3n) is 6.16. The van der Waals surface area contributed by atoms with E-state index in [-0.39, 0.29) is 0 Å². The second-order valence-corrected chi connectivity index (χ2v) is 7.58. The minimum absolute atomic E-state index is 0.395. The summed E-state index contributed by atoms with van der Waals surface area (Å²) in [6, 6.07) is 0. The first-order chi connectivity index (χ1) is 9.14. The zero-order chi connectivity index (χ0) is 13.5. The molecule has 3 nitrogen and oxygen atoms in total. The Morgan fingerprint density at radius 2 is 1.89 bits per heavy atom. The largest absolute Gasteiger partial charge is 0.329 e. The van der Waals surface area contributed by atoms with Crippen LogP contribution in [-0.2, 0) is 0 Å². The van der Waals surface area contributed by atoms with E-state index in [1.54, 1.807) is 0 Å². The summed E-state index contributed by atoms with van der Waals surface area (Å²) < 4.78 is 0. The molecule has 3 unspecified atom stereocenters. The van der Waals surface area contributed by atoms with Gasteiger partial charge in [-0.25, -0.2) is 0 Å². The minimum atomic E-state index is 0.395. The van der Waals surface area contributed by atoms with Crippen LogP contribution in [0.1, 0.15) is 38.5 Å². The van der Waals surface area contributed by atoms with Gasteiger partial charge in [0.2, 0.25) is 0 Å². The molecule has 2 N–H and O–H groups in total. The molecule has 0 spiro atoms. The van der Waals surface area contributed by atoms with Gasteiger partial charge in [-0.3, -0.25) is 4.90 Å². The molecule has 2 aliphatic carbocycles. The fourth-order valence-electron chi connectivity index (χ4n) is 5.26. The predicted octanol–water partition coefficient (Wildman–Crippen LogP) is 1.78. The molecule has 3 rings (SSSR count). The standard InChI is InChI=1S/C16H31N3/c1-18(2)11-13-5-7-19(8-6-13)16(12-17)10-14-3-4-15(16)9-14/h13-15H,3-12,17H2,1-2H3. The first-order valence-corrected chi connectivity index (χ1v) is 8.24.